The van der Waals surface area contributed by atoms with Crippen molar-refractivity contribution in [2.75, 3.05) is 11.1 Å². The standard InChI is InChI=1S/C30H34ClN7O4/c1-15-5-7-16(8-6-15)13-38-20-11-17(31)9-10-19(20)22(37-38)25-34-23(32)21-24(35-25)36-26(39)30(21,4)27-33-18(14-42-27)12-29(2,3)28(40)41/h9-11,14-16H,5-8,12-13H2,1-4H3,(H,40,41)(H3,32,34,35,36,39). The molecule has 1 aliphatic carbocycles. The summed E-state index contributed by atoms with van der Waals surface area (Å²) in [6.07, 6.45) is 6.23. The highest BCUT2D eigenvalue weighted by molar-refractivity contribution is 6.31. The van der Waals surface area contributed by atoms with Crippen LogP contribution in [0, 0.1) is 17.3 Å². The third kappa shape index (κ3) is 4.69. The molecule has 1 aliphatic heterocycles. The van der Waals surface area contributed by atoms with Crippen LogP contribution in [-0.4, -0.2) is 41.7 Å². The maximum absolute atomic E-state index is 13.4. The van der Waals surface area contributed by atoms with Gasteiger partial charge in [-0.15, -0.1) is 0 Å². The van der Waals surface area contributed by atoms with Gasteiger partial charge in [-0.1, -0.05) is 31.4 Å². The van der Waals surface area contributed by atoms with Gasteiger partial charge in [0.2, 0.25) is 11.8 Å². The van der Waals surface area contributed by atoms with E-state index in [1.54, 1.807) is 20.8 Å². The second-order valence-corrected chi connectivity index (χ2v) is 13.0. The number of carbonyl (C=O) groups excluding carboxylic acids is 1. The Balaban J connectivity index is 1.37. The van der Waals surface area contributed by atoms with E-state index >= 15 is 0 Å². The van der Waals surface area contributed by atoms with E-state index in [2.05, 4.69) is 22.2 Å². The third-order valence-corrected chi connectivity index (χ3v) is 9.03. The van der Waals surface area contributed by atoms with Crippen LogP contribution in [-0.2, 0) is 28.0 Å². The molecule has 4 aromatic rings. The van der Waals surface area contributed by atoms with Gasteiger partial charge >= 0.3 is 5.97 Å². The lowest BCUT2D eigenvalue weighted by Crippen LogP contribution is -2.33. The summed E-state index contributed by atoms with van der Waals surface area (Å²) in [6, 6.07) is 5.62. The van der Waals surface area contributed by atoms with E-state index < -0.39 is 22.7 Å². The lowest BCUT2D eigenvalue weighted by atomic mass is 9.83. The number of nitrogens with zero attached hydrogens (tertiary/aromatic N) is 5. The fourth-order valence-electron chi connectivity index (χ4n) is 6.07. The fourth-order valence-corrected chi connectivity index (χ4v) is 6.24. The number of aromatic nitrogens is 5. The molecule has 1 aromatic carbocycles. The van der Waals surface area contributed by atoms with E-state index in [9.17, 15) is 14.7 Å². The zero-order chi connectivity index (χ0) is 30.0. The molecule has 1 amide bonds. The highest BCUT2D eigenvalue weighted by atomic mass is 35.5. The number of amides is 1. The average Bonchev–Trinajstić information content (AvgIpc) is 3.60. The molecule has 2 aliphatic rings. The lowest BCUT2D eigenvalue weighted by Gasteiger charge is -2.26. The second-order valence-electron chi connectivity index (χ2n) is 12.6. The minimum atomic E-state index is -1.41. The van der Waals surface area contributed by atoms with E-state index in [4.69, 9.17) is 31.8 Å². The zero-order valence-corrected chi connectivity index (χ0v) is 24.8. The number of nitrogens with two attached hydrogens (primary N) is 1. The van der Waals surface area contributed by atoms with E-state index in [1.165, 1.54) is 19.1 Å². The topological polar surface area (TPSA) is 162 Å². The van der Waals surface area contributed by atoms with E-state index in [0.717, 1.165) is 36.2 Å². The fraction of sp³-hybridized carbons (Fsp3) is 0.467. The minimum absolute atomic E-state index is 0.0872. The molecule has 3 aromatic heterocycles. The first-order chi connectivity index (χ1) is 19.9. The highest BCUT2D eigenvalue weighted by Crippen LogP contribution is 2.45. The van der Waals surface area contributed by atoms with Gasteiger partial charge < -0.3 is 20.6 Å². The summed E-state index contributed by atoms with van der Waals surface area (Å²) in [5.74, 6) is 0.624. The largest absolute Gasteiger partial charge is 0.481 e. The molecule has 0 saturated heterocycles. The van der Waals surface area contributed by atoms with Crippen molar-refractivity contribution in [1.82, 2.24) is 24.7 Å². The summed E-state index contributed by atoms with van der Waals surface area (Å²) in [5.41, 5.74) is 6.27. The summed E-state index contributed by atoms with van der Waals surface area (Å²) < 4.78 is 7.71. The first kappa shape index (κ1) is 28.1. The van der Waals surface area contributed by atoms with Crippen molar-refractivity contribution in [3.8, 4) is 11.5 Å². The van der Waals surface area contributed by atoms with Crippen molar-refractivity contribution in [3.63, 3.8) is 0 Å². The highest BCUT2D eigenvalue weighted by Gasteiger charge is 2.51. The van der Waals surface area contributed by atoms with E-state index in [0.29, 0.717) is 27.9 Å². The molecular weight excluding hydrogens is 558 g/mol. The van der Waals surface area contributed by atoms with E-state index in [-0.39, 0.29) is 29.8 Å². The van der Waals surface area contributed by atoms with Crippen LogP contribution in [0.25, 0.3) is 22.4 Å². The number of oxazole rings is 1. The average molecular weight is 592 g/mol. The number of halogens is 1. The number of nitrogen functional groups attached to an aromatic ring is 1. The summed E-state index contributed by atoms with van der Waals surface area (Å²) in [5, 5.41) is 18.7. The molecule has 1 fully saturated rings. The Morgan fingerprint density at radius 1 is 1.24 bits per heavy atom. The van der Waals surface area contributed by atoms with Crippen LogP contribution in [0.1, 0.15) is 70.5 Å². The molecule has 0 bridgehead atoms. The van der Waals surface area contributed by atoms with Gasteiger partial charge in [0.1, 0.15) is 23.6 Å². The van der Waals surface area contributed by atoms with Gasteiger partial charge in [0, 0.05) is 23.4 Å². The van der Waals surface area contributed by atoms with Crippen LogP contribution in [0.15, 0.2) is 28.9 Å². The van der Waals surface area contributed by atoms with Gasteiger partial charge in [0.05, 0.1) is 22.2 Å². The van der Waals surface area contributed by atoms with Crippen molar-refractivity contribution in [3.05, 3.63) is 46.6 Å². The zero-order valence-electron chi connectivity index (χ0n) is 24.1. The Labute approximate surface area is 247 Å². The van der Waals surface area contributed by atoms with Crippen LogP contribution < -0.4 is 11.1 Å². The van der Waals surface area contributed by atoms with E-state index in [1.807, 2.05) is 22.9 Å². The second kappa shape index (κ2) is 10.1. The van der Waals surface area contributed by atoms with Crippen LogP contribution in [0.4, 0.5) is 11.6 Å². The Morgan fingerprint density at radius 3 is 2.69 bits per heavy atom. The number of nitrogens with one attached hydrogen (secondary N) is 1. The molecule has 11 nitrogen and oxygen atoms in total. The number of carbonyl (C=O) groups is 2. The molecule has 12 heteroatoms. The normalized spacial score (nSPS) is 22.4. The number of carboxylic acids is 1. The first-order valence-electron chi connectivity index (χ1n) is 14.2. The molecule has 220 valence electrons. The third-order valence-electron chi connectivity index (χ3n) is 8.80. The number of fused-ring (bicyclic) bond motifs is 2. The maximum Gasteiger partial charge on any atom is 0.309 e. The molecule has 4 heterocycles. The van der Waals surface area contributed by atoms with Crippen LogP contribution in [0.2, 0.25) is 5.02 Å². The van der Waals surface area contributed by atoms with Crippen LogP contribution in [0.3, 0.4) is 0 Å². The Morgan fingerprint density at radius 2 is 1.98 bits per heavy atom. The van der Waals surface area contributed by atoms with Gasteiger partial charge in [-0.05, 0) is 63.6 Å². The summed E-state index contributed by atoms with van der Waals surface area (Å²) in [6.45, 7) is 7.92. The monoisotopic (exact) mass is 591 g/mol. The molecule has 0 spiro atoms. The number of rotatable bonds is 7. The Hall–Kier alpha value is -3.99. The van der Waals surface area contributed by atoms with Crippen molar-refractivity contribution >= 4 is 46.0 Å². The molecule has 1 atom stereocenters. The van der Waals surface area contributed by atoms with Crippen molar-refractivity contribution < 1.29 is 19.1 Å². The number of benzene rings is 1. The molecule has 6 rings (SSSR count). The molecule has 0 radical (unpaired) electrons. The first-order valence-corrected chi connectivity index (χ1v) is 14.6. The van der Waals surface area contributed by atoms with Crippen LogP contribution >= 0.6 is 11.6 Å². The summed E-state index contributed by atoms with van der Waals surface area (Å²) >= 11 is 6.38. The number of anilines is 2. The van der Waals surface area contributed by atoms with Gasteiger partial charge in [-0.25, -0.2) is 15.0 Å². The lowest BCUT2D eigenvalue weighted by molar-refractivity contribution is -0.146. The summed E-state index contributed by atoms with van der Waals surface area (Å²) in [7, 11) is 0. The predicted octanol–water partition coefficient (Wildman–Crippen LogP) is 5.45. The number of hydrogen-bond acceptors (Lipinski definition) is 8. The van der Waals surface area contributed by atoms with Crippen molar-refractivity contribution in [2.24, 2.45) is 17.3 Å². The molecular formula is C30H34ClN7O4. The molecule has 1 unspecified atom stereocenters. The maximum atomic E-state index is 13.4. The Kier molecular flexibility index (Phi) is 6.75. The smallest absolute Gasteiger partial charge is 0.309 e. The van der Waals surface area contributed by atoms with Crippen molar-refractivity contribution in [2.45, 2.75) is 71.8 Å². The number of aliphatic carboxylic acids is 1. The van der Waals surface area contributed by atoms with Gasteiger partial charge in [0.25, 0.3) is 0 Å². The van der Waals surface area contributed by atoms with Gasteiger partial charge in [-0.2, -0.15) is 5.10 Å². The van der Waals surface area contributed by atoms with Gasteiger partial charge in [0.15, 0.2) is 11.2 Å². The molecule has 1 saturated carbocycles. The number of hydrogen-bond donors (Lipinski definition) is 3. The molecule has 4 N–H and O–H groups in total. The van der Waals surface area contributed by atoms with Crippen LogP contribution in [0.5, 0.6) is 0 Å². The SMILES string of the molecule is CC1CCC(Cn2nc(-c3nc(N)c4c(n3)NC(=O)C4(C)c3nc(CC(C)(C)C(=O)O)co3)c3ccc(Cl)cc32)CC1. The number of carboxylic acid groups (broad SMARTS) is 1. The predicted molar refractivity (Wildman–Crippen MR) is 158 cm³/mol. The van der Waals surface area contributed by atoms with Crippen molar-refractivity contribution in [1.29, 1.82) is 0 Å². The summed E-state index contributed by atoms with van der Waals surface area (Å²) in [4.78, 5) is 38.8. The minimum Gasteiger partial charge on any atom is -0.481 e. The quantitative estimate of drug-likeness (QED) is 0.253. The van der Waals surface area contributed by atoms with Gasteiger partial charge in [-0.3, -0.25) is 14.3 Å². The Bertz CT molecular complexity index is 1720. The molecule has 42 heavy (non-hydrogen) atoms.